The molecule has 0 aliphatic heterocycles. The molecular formula is C10H7CdN3O4. The van der Waals surface area contributed by atoms with E-state index in [2.05, 4.69) is 15.4 Å². The summed E-state index contributed by atoms with van der Waals surface area (Å²) in [5, 5.41) is 17.9. The molecule has 1 aromatic heterocycles. The molecule has 18 heavy (non-hydrogen) atoms. The van der Waals surface area contributed by atoms with E-state index in [0.717, 1.165) is 0 Å². The molecule has 0 atom stereocenters. The van der Waals surface area contributed by atoms with E-state index >= 15 is 0 Å². The fraction of sp³-hybridized carbons (Fsp3) is 0. The third kappa shape index (κ3) is 3.36. The van der Waals surface area contributed by atoms with Crippen LogP contribution in [-0.2, 0) is 27.3 Å². The fourth-order valence-electron chi connectivity index (χ4n) is 1.14. The van der Waals surface area contributed by atoms with Crippen molar-refractivity contribution >= 4 is 11.9 Å². The first kappa shape index (κ1) is 14.3. The van der Waals surface area contributed by atoms with Crippen LogP contribution in [-0.4, -0.2) is 32.5 Å². The molecule has 8 heteroatoms. The maximum Gasteiger partial charge on any atom is 0.344 e. The van der Waals surface area contributed by atoms with Gasteiger partial charge in [-0.05, 0) is 24.3 Å². The summed E-state index contributed by atoms with van der Waals surface area (Å²) in [6.07, 6.45) is 1.32. The molecule has 0 spiro atoms. The van der Waals surface area contributed by atoms with Crippen molar-refractivity contribution in [3.05, 3.63) is 41.6 Å². The van der Waals surface area contributed by atoms with Crippen LogP contribution in [0.2, 0.25) is 0 Å². The van der Waals surface area contributed by atoms with Crippen molar-refractivity contribution in [1.29, 1.82) is 0 Å². The summed E-state index contributed by atoms with van der Waals surface area (Å²) in [6.45, 7) is 0. The Kier molecular flexibility index (Phi) is 4.95. The SMILES string of the molecule is O=C(O)c1ccc(C(=O)Oc2c[nH]nn2)cc1.[Cd]. The van der Waals surface area contributed by atoms with E-state index in [1.165, 1.54) is 30.5 Å². The van der Waals surface area contributed by atoms with Gasteiger partial charge in [0.05, 0.1) is 17.3 Å². The molecule has 0 aliphatic rings. The van der Waals surface area contributed by atoms with Gasteiger partial charge in [-0.1, -0.05) is 10.3 Å². The van der Waals surface area contributed by atoms with E-state index in [9.17, 15) is 9.59 Å². The summed E-state index contributed by atoms with van der Waals surface area (Å²) in [5.74, 6) is -1.63. The van der Waals surface area contributed by atoms with Crippen molar-refractivity contribution in [2.75, 3.05) is 0 Å². The van der Waals surface area contributed by atoms with Gasteiger partial charge in [-0.25, -0.2) is 9.59 Å². The molecule has 2 aromatic rings. The van der Waals surface area contributed by atoms with E-state index in [1.54, 1.807) is 0 Å². The van der Waals surface area contributed by atoms with Crippen LogP contribution in [0.4, 0.5) is 0 Å². The van der Waals surface area contributed by atoms with E-state index in [1.807, 2.05) is 0 Å². The molecule has 0 saturated heterocycles. The number of carboxylic acids is 1. The molecular weight excluding hydrogens is 339 g/mol. The van der Waals surface area contributed by atoms with E-state index < -0.39 is 11.9 Å². The molecule has 88 valence electrons. The summed E-state index contributed by atoms with van der Waals surface area (Å²) in [4.78, 5) is 22.1. The van der Waals surface area contributed by atoms with Crippen LogP contribution in [0.3, 0.4) is 0 Å². The molecule has 0 unspecified atom stereocenters. The van der Waals surface area contributed by atoms with Gasteiger partial charge < -0.3 is 9.84 Å². The normalized spacial score (nSPS) is 9.33. The van der Waals surface area contributed by atoms with Crippen LogP contribution < -0.4 is 4.74 Å². The number of carbonyl (C=O) groups excluding carboxylic acids is 1. The summed E-state index contributed by atoms with van der Waals surface area (Å²) < 4.78 is 4.85. The van der Waals surface area contributed by atoms with Crippen LogP contribution in [0.25, 0.3) is 0 Å². The first-order chi connectivity index (χ1) is 8.16. The summed E-state index contributed by atoms with van der Waals surface area (Å²) in [5.41, 5.74) is 0.334. The van der Waals surface area contributed by atoms with Gasteiger partial charge >= 0.3 is 11.9 Å². The summed E-state index contributed by atoms with van der Waals surface area (Å²) >= 11 is 0. The van der Waals surface area contributed by atoms with Crippen LogP contribution in [0.1, 0.15) is 20.7 Å². The van der Waals surface area contributed by atoms with Crippen molar-refractivity contribution in [1.82, 2.24) is 15.4 Å². The van der Waals surface area contributed by atoms with Crippen LogP contribution in [0, 0.1) is 0 Å². The van der Waals surface area contributed by atoms with Gasteiger partial charge in [0.25, 0.3) is 5.88 Å². The Balaban J connectivity index is 0.00000162. The van der Waals surface area contributed by atoms with Gasteiger partial charge in [-0.3, -0.25) is 5.10 Å². The van der Waals surface area contributed by atoms with Crippen molar-refractivity contribution in [2.45, 2.75) is 0 Å². The predicted molar refractivity (Wildman–Crippen MR) is 54.7 cm³/mol. The van der Waals surface area contributed by atoms with Crippen molar-refractivity contribution < 1.29 is 46.7 Å². The second-order valence-corrected chi connectivity index (χ2v) is 3.08. The van der Waals surface area contributed by atoms with E-state index in [0.29, 0.717) is 0 Å². The largest absolute Gasteiger partial charge is 0.478 e. The zero-order valence-electron chi connectivity index (χ0n) is 9.16. The fourth-order valence-corrected chi connectivity index (χ4v) is 1.14. The van der Waals surface area contributed by atoms with Crippen molar-refractivity contribution in [2.24, 2.45) is 0 Å². The number of aromatic amines is 1. The molecule has 0 amide bonds. The molecule has 0 radical (unpaired) electrons. The number of rotatable bonds is 3. The molecule has 1 heterocycles. The molecule has 7 nitrogen and oxygen atoms in total. The van der Waals surface area contributed by atoms with E-state index in [4.69, 9.17) is 9.84 Å². The number of nitrogens with one attached hydrogen (secondary N) is 1. The van der Waals surface area contributed by atoms with Crippen molar-refractivity contribution in [3.8, 4) is 5.88 Å². The number of hydrogen-bond acceptors (Lipinski definition) is 5. The second-order valence-electron chi connectivity index (χ2n) is 3.08. The summed E-state index contributed by atoms with van der Waals surface area (Å²) in [7, 11) is 0. The topological polar surface area (TPSA) is 105 Å². The Morgan fingerprint density at radius 2 is 1.78 bits per heavy atom. The molecule has 0 saturated carbocycles. The maximum atomic E-state index is 11.5. The molecule has 0 bridgehead atoms. The Bertz CT molecular complexity index is 539. The predicted octanol–water partition coefficient (Wildman–Crippen LogP) is 0.720. The van der Waals surface area contributed by atoms with Gasteiger partial charge in [-0.15, -0.1) is 0 Å². The maximum absolute atomic E-state index is 11.5. The number of nitrogens with zero attached hydrogens (tertiary/aromatic N) is 2. The average molecular weight is 346 g/mol. The minimum atomic E-state index is -1.05. The summed E-state index contributed by atoms with van der Waals surface area (Å²) in [6, 6.07) is 5.38. The quantitative estimate of drug-likeness (QED) is 0.627. The zero-order chi connectivity index (χ0) is 12.3. The number of carboxylic acid groups (broad SMARTS) is 1. The third-order valence-corrected chi connectivity index (χ3v) is 1.96. The Hall–Kier alpha value is -1.78. The minimum absolute atomic E-state index is 0. The molecule has 2 rings (SSSR count). The monoisotopic (exact) mass is 347 g/mol. The van der Waals surface area contributed by atoms with Crippen LogP contribution in [0.5, 0.6) is 5.88 Å². The van der Waals surface area contributed by atoms with Crippen LogP contribution >= 0.6 is 0 Å². The Morgan fingerprint density at radius 3 is 2.28 bits per heavy atom. The number of hydrogen-bond donors (Lipinski definition) is 2. The first-order valence-electron chi connectivity index (χ1n) is 4.59. The number of aromatic carboxylic acids is 1. The number of esters is 1. The Morgan fingerprint density at radius 1 is 1.17 bits per heavy atom. The van der Waals surface area contributed by atoms with Gasteiger partial charge in [0, 0.05) is 27.3 Å². The van der Waals surface area contributed by atoms with Crippen LogP contribution in [0.15, 0.2) is 30.5 Å². The second kappa shape index (κ2) is 6.23. The van der Waals surface area contributed by atoms with Gasteiger partial charge in [0.15, 0.2) is 0 Å². The number of H-pyrrole nitrogens is 1. The van der Waals surface area contributed by atoms with Gasteiger partial charge in [0.2, 0.25) is 0 Å². The van der Waals surface area contributed by atoms with Gasteiger partial charge in [0.1, 0.15) is 0 Å². The molecule has 1 aromatic carbocycles. The smallest absolute Gasteiger partial charge is 0.344 e. The molecule has 0 fully saturated rings. The molecule has 2 N–H and O–H groups in total. The number of benzene rings is 1. The Labute approximate surface area is 121 Å². The number of aromatic nitrogens is 3. The standard InChI is InChI=1S/C10H7N3O4.Cd/c14-9(15)6-1-3-7(4-2-6)10(16)17-8-5-11-13-12-8;/h1-5H,(H,14,15)(H,11,12,13);. The number of carbonyl (C=O) groups is 2. The molecule has 0 aliphatic carbocycles. The number of ether oxygens (including phenoxy) is 1. The zero-order valence-corrected chi connectivity index (χ0v) is 13.2. The average Bonchev–Trinajstić information content (AvgIpc) is 2.82. The minimum Gasteiger partial charge on any atom is -0.478 e. The first-order valence-corrected chi connectivity index (χ1v) is 4.59. The third-order valence-electron chi connectivity index (χ3n) is 1.96. The van der Waals surface area contributed by atoms with Gasteiger partial charge in [-0.2, -0.15) is 0 Å². The van der Waals surface area contributed by atoms with E-state index in [-0.39, 0.29) is 44.3 Å². The van der Waals surface area contributed by atoms with Crippen molar-refractivity contribution in [3.63, 3.8) is 0 Å².